The fourth-order valence-electron chi connectivity index (χ4n) is 2.58. The van der Waals surface area contributed by atoms with Gasteiger partial charge in [-0.15, -0.1) is 0 Å². The lowest BCUT2D eigenvalue weighted by atomic mass is 10.2. The molecule has 3 aromatic rings. The van der Waals surface area contributed by atoms with Crippen LogP contribution in [0.2, 0.25) is 5.02 Å². The summed E-state index contributed by atoms with van der Waals surface area (Å²) in [6.45, 7) is 0.176. The number of rotatable bonds is 6. The molecule has 6 nitrogen and oxygen atoms in total. The smallest absolute Gasteiger partial charge is 0.176 e. The van der Waals surface area contributed by atoms with Crippen LogP contribution in [0.3, 0.4) is 0 Å². The van der Waals surface area contributed by atoms with Crippen molar-refractivity contribution in [3.63, 3.8) is 0 Å². The molecule has 0 saturated heterocycles. The first kappa shape index (κ1) is 21.4. The minimum absolute atomic E-state index is 0.176. The molecule has 0 radical (unpaired) electrons. The lowest BCUT2D eigenvalue weighted by Gasteiger charge is -2.13. The van der Waals surface area contributed by atoms with E-state index in [-0.39, 0.29) is 12.4 Å². The molecule has 10 heteroatoms. The van der Waals surface area contributed by atoms with E-state index in [4.69, 9.17) is 33.3 Å². The van der Waals surface area contributed by atoms with Crippen LogP contribution in [-0.2, 0) is 6.54 Å². The van der Waals surface area contributed by atoms with Crippen molar-refractivity contribution in [2.24, 2.45) is 0 Å². The maximum absolute atomic E-state index is 14.0. The Morgan fingerprint density at radius 2 is 2.03 bits per heavy atom. The molecule has 2 N–H and O–H groups in total. The first-order valence-electron chi connectivity index (χ1n) is 8.37. The van der Waals surface area contributed by atoms with Crippen molar-refractivity contribution < 1.29 is 13.9 Å². The second kappa shape index (κ2) is 9.43. The Kier molecular flexibility index (Phi) is 6.94. The molecule has 0 atom stereocenters. The van der Waals surface area contributed by atoms with Gasteiger partial charge in [0.1, 0.15) is 17.3 Å². The summed E-state index contributed by atoms with van der Waals surface area (Å²) in [6, 6.07) is 9.88. The van der Waals surface area contributed by atoms with E-state index < -0.39 is 0 Å². The van der Waals surface area contributed by atoms with Crippen molar-refractivity contribution in [3.05, 3.63) is 63.5 Å². The van der Waals surface area contributed by atoms with E-state index in [2.05, 4.69) is 31.7 Å². The molecule has 0 bridgehead atoms. The van der Waals surface area contributed by atoms with Gasteiger partial charge in [-0.2, -0.15) is 5.10 Å². The molecular formula is C19H17BrClFN4O2S. The molecule has 1 aromatic heterocycles. The molecule has 0 unspecified atom stereocenters. The van der Waals surface area contributed by atoms with Crippen LogP contribution in [0, 0.1) is 5.82 Å². The summed E-state index contributed by atoms with van der Waals surface area (Å²) in [5.74, 6) is 1.34. The van der Waals surface area contributed by atoms with Crippen molar-refractivity contribution in [2.45, 2.75) is 6.54 Å². The van der Waals surface area contributed by atoms with Crippen LogP contribution >= 0.6 is 39.7 Å². The van der Waals surface area contributed by atoms with E-state index >= 15 is 0 Å². The van der Waals surface area contributed by atoms with Gasteiger partial charge in [0.15, 0.2) is 10.9 Å². The summed E-state index contributed by atoms with van der Waals surface area (Å²) < 4.78 is 26.8. The molecule has 152 valence electrons. The summed E-state index contributed by atoms with van der Waals surface area (Å²) >= 11 is 14.9. The van der Waals surface area contributed by atoms with E-state index in [0.717, 1.165) is 0 Å². The quantitative estimate of drug-likeness (QED) is 0.448. The second-order valence-electron chi connectivity index (χ2n) is 5.87. The Morgan fingerprint density at radius 3 is 2.72 bits per heavy atom. The van der Waals surface area contributed by atoms with E-state index in [0.29, 0.717) is 43.2 Å². The Morgan fingerprint density at radius 1 is 1.24 bits per heavy atom. The average molecular weight is 500 g/mol. The molecule has 3 rings (SSSR count). The molecule has 0 aliphatic rings. The zero-order valence-corrected chi connectivity index (χ0v) is 18.7. The lowest BCUT2D eigenvalue weighted by molar-refractivity contribution is 0.405. The highest BCUT2D eigenvalue weighted by atomic mass is 79.9. The maximum atomic E-state index is 14.0. The number of aromatic nitrogens is 2. The van der Waals surface area contributed by atoms with Crippen molar-refractivity contribution >= 4 is 56.4 Å². The number of methoxy groups -OCH3 is 2. The highest BCUT2D eigenvalue weighted by molar-refractivity contribution is 9.10. The minimum atomic E-state index is -0.388. The van der Waals surface area contributed by atoms with Crippen LogP contribution in [0.4, 0.5) is 15.9 Å². The van der Waals surface area contributed by atoms with E-state index in [1.165, 1.54) is 6.07 Å². The third kappa shape index (κ3) is 5.17. The molecule has 1 heterocycles. The summed E-state index contributed by atoms with van der Waals surface area (Å²) in [5.41, 5.74) is 0.996. The van der Waals surface area contributed by atoms with Gasteiger partial charge in [0, 0.05) is 22.8 Å². The van der Waals surface area contributed by atoms with E-state index in [9.17, 15) is 4.39 Å². The standard InChI is InChI=1S/C19H17BrClFN4O2S/c1-27-11-6-7-17(28-2)16(8-11)23-19(29)24-18-13(20)10-26(25-18)9-12-14(21)4-3-5-15(12)22/h3-8,10H,9H2,1-2H3,(H2,23,24,25,29). The number of halogens is 3. The Hall–Kier alpha value is -2.36. The number of ether oxygens (including phenoxy) is 2. The Labute approximate surface area is 186 Å². The van der Waals surface area contributed by atoms with Gasteiger partial charge in [0.05, 0.1) is 30.9 Å². The van der Waals surface area contributed by atoms with Crippen LogP contribution in [0.25, 0.3) is 0 Å². The Balaban J connectivity index is 1.74. The van der Waals surface area contributed by atoms with Gasteiger partial charge < -0.3 is 20.1 Å². The highest BCUT2D eigenvalue weighted by Gasteiger charge is 2.13. The first-order chi connectivity index (χ1) is 13.9. The van der Waals surface area contributed by atoms with Crippen LogP contribution in [-0.4, -0.2) is 29.1 Å². The van der Waals surface area contributed by atoms with Crippen molar-refractivity contribution in [2.75, 3.05) is 24.9 Å². The fourth-order valence-corrected chi connectivity index (χ4v) is 3.43. The summed E-state index contributed by atoms with van der Waals surface area (Å²) in [6.07, 6.45) is 1.71. The largest absolute Gasteiger partial charge is 0.497 e. The summed E-state index contributed by atoms with van der Waals surface area (Å²) in [5, 5.41) is 11.1. The maximum Gasteiger partial charge on any atom is 0.176 e. The van der Waals surface area contributed by atoms with Crippen molar-refractivity contribution in [1.82, 2.24) is 9.78 Å². The molecule has 0 aliphatic carbocycles. The van der Waals surface area contributed by atoms with Gasteiger partial charge in [-0.1, -0.05) is 17.7 Å². The number of nitrogens with one attached hydrogen (secondary N) is 2. The van der Waals surface area contributed by atoms with Crippen LogP contribution < -0.4 is 20.1 Å². The van der Waals surface area contributed by atoms with Gasteiger partial charge in [-0.25, -0.2) is 4.39 Å². The number of hydrogen-bond acceptors (Lipinski definition) is 4. The predicted molar refractivity (Wildman–Crippen MR) is 120 cm³/mol. The molecule has 0 spiro atoms. The number of hydrogen-bond donors (Lipinski definition) is 2. The highest BCUT2D eigenvalue weighted by Crippen LogP contribution is 2.29. The number of nitrogens with zero attached hydrogens (tertiary/aromatic N) is 2. The molecule has 2 aromatic carbocycles. The van der Waals surface area contributed by atoms with Gasteiger partial charge in [-0.3, -0.25) is 4.68 Å². The number of anilines is 2. The summed E-state index contributed by atoms with van der Waals surface area (Å²) in [4.78, 5) is 0. The van der Waals surface area contributed by atoms with Gasteiger partial charge in [0.25, 0.3) is 0 Å². The molecule has 29 heavy (non-hydrogen) atoms. The average Bonchev–Trinajstić information content (AvgIpc) is 3.03. The summed E-state index contributed by atoms with van der Waals surface area (Å²) in [7, 11) is 3.14. The first-order valence-corrected chi connectivity index (χ1v) is 9.95. The molecule has 0 aliphatic heterocycles. The van der Waals surface area contributed by atoms with Gasteiger partial charge >= 0.3 is 0 Å². The van der Waals surface area contributed by atoms with E-state index in [1.807, 2.05) is 0 Å². The fraction of sp³-hybridized carbons (Fsp3) is 0.158. The van der Waals surface area contributed by atoms with Crippen molar-refractivity contribution in [3.8, 4) is 11.5 Å². The third-order valence-electron chi connectivity index (χ3n) is 3.99. The molecule has 0 amide bonds. The predicted octanol–water partition coefficient (Wildman–Crippen LogP) is 5.31. The SMILES string of the molecule is COc1ccc(OC)c(NC(=S)Nc2nn(Cc3c(F)cccc3Cl)cc2Br)c1. The molecular weight excluding hydrogens is 483 g/mol. The molecule has 0 fully saturated rings. The lowest BCUT2D eigenvalue weighted by Crippen LogP contribution is -2.20. The zero-order chi connectivity index (χ0) is 21.0. The van der Waals surface area contributed by atoms with Crippen LogP contribution in [0.1, 0.15) is 5.56 Å². The number of benzene rings is 2. The minimum Gasteiger partial charge on any atom is -0.497 e. The molecule has 0 saturated carbocycles. The van der Waals surface area contributed by atoms with Crippen LogP contribution in [0.15, 0.2) is 47.1 Å². The van der Waals surface area contributed by atoms with E-state index in [1.54, 1.807) is 55.4 Å². The van der Waals surface area contributed by atoms with Gasteiger partial charge in [0.2, 0.25) is 0 Å². The topological polar surface area (TPSA) is 60.3 Å². The van der Waals surface area contributed by atoms with Gasteiger partial charge in [-0.05, 0) is 52.4 Å². The Bertz CT molecular complexity index is 1030. The zero-order valence-electron chi connectivity index (χ0n) is 15.5. The second-order valence-corrected chi connectivity index (χ2v) is 7.54. The monoisotopic (exact) mass is 498 g/mol. The third-order valence-corrected chi connectivity index (χ3v) is 5.12. The van der Waals surface area contributed by atoms with Crippen molar-refractivity contribution in [1.29, 1.82) is 0 Å². The van der Waals surface area contributed by atoms with Crippen LogP contribution in [0.5, 0.6) is 11.5 Å². The number of thiocarbonyl (C=S) groups is 1. The normalized spacial score (nSPS) is 10.5.